The van der Waals surface area contributed by atoms with Gasteiger partial charge in [-0.05, 0) is 57.9 Å². The Labute approximate surface area is 144 Å². The van der Waals surface area contributed by atoms with Crippen LogP contribution in [0, 0.1) is 12.8 Å². The van der Waals surface area contributed by atoms with Crippen LogP contribution in [-0.4, -0.2) is 30.9 Å². The Hall–Kier alpha value is -1.59. The summed E-state index contributed by atoms with van der Waals surface area (Å²) in [6, 6.07) is 5.54. The first-order valence-corrected chi connectivity index (χ1v) is 7.90. The molecule has 1 aliphatic heterocycles. The molecule has 5 nitrogen and oxygen atoms in total. The van der Waals surface area contributed by atoms with Gasteiger partial charge < -0.3 is 16.0 Å². The zero-order valence-corrected chi connectivity index (χ0v) is 14.8. The molecule has 1 saturated heterocycles. The van der Waals surface area contributed by atoms with Crippen LogP contribution in [0.15, 0.2) is 18.2 Å². The normalized spacial score (nSPS) is 17.3. The lowest BCUT2D eigenvalue weighted by Crippen LogP contribution is -2.37. The Morgan fingerprint density at radius 2 is 2.04 bits per heavy atom. The predicted octanol–water partition coefficient (Wildman–Crippen LogP) is 2.49. The van der Waals surface area contributed by atoms with Gasteiger partial charge in [0.15, 0.2) is 0 Å². The minimum atomic E-state index is -0.108. The Morgan fingerprint density at radius 1 is 1.30 bits per heavy atom. The number of aryl methyl sites for hydroxylation is 1. The number of amides is 2. The number of nitrogens with one attached hydrogen (secondary N) is 3. The summed E-state index contributed by atoms with van der Waals surface area (Å²) in [5, 5.41) is 9.05. The minimum Gasteiger partial charge on any atom is -0.350 e. The van der Waals surface area contributed by atoms with Gasteiger partial charge in [0, 0.05) is 23.8 Å². The lowest BCUT2D eigenvalue weighted by molar-refractivity contribution is -0.120. The maximum Gasteiger partial charge on any atom is 0.251 e. The number of carbonyl (C=O) groups is 2. The number of rotatable bonds is 4. The molecule has 2 rings (SSSR count). The van der Waals surface area contributed by atoms with E-state index in [0.717, 1.165) is 31.5 Å². The number of hydrogen-bond donors (Lipinski definition) is 3. The molecule has 0 aromatic heterocycles. The van der Waals surface area contributed by atoms with Crippen molar-refractivity contribution in [1.29, 1.82) is 0 Å². The number of piperidine rings is 1. The third-order valence-electron chi connectivity index (χ3n) is 3.84. The van der Waals surface area contributed by atoms with Crippen molar-refractivity contribution in [3.05, 3.63) is 29.3 Å². The predicted molar refractivity (Wildman–Crippen MR) is 95.3 cm³/mol. The van der Waals surface area contributed by atoms with Gasteiger partial charge in [-0.3, -0.25) is 9.59 Å². The lowest BCUT2D eigenvalue weighted by Gasteiger charge is -2.22. The number of hydrogen-bond acceptors (Lipinski definition) is 3. The van der Waals surface area contributed by atoms with E-state index in [0.29, 0.717) is 11.3 Å². The zero-order valence-electron chi connectivity index (χ0n) is 13.9. The molecule has 6 heteroatoms. The smallest absolute Gasteiger partial charge is 0.251 e. The highest BCUT2D eigenvalue weighted by atomic mass is 35.5. The quantitative estimate of drug-likeness (QED) is 0.789. The molecule has 0 bridgehead atoms. The summed E-state index contributed by atoms with van der Waals surface area (Å²) in [7, 11) is 0. The second kappa shape index (κ2) is 8.89. The van der Waals surface area contributed by atoms with E-state index in [9.17, 15) is 9.59 Å². The van der Waals surface area contributed by atoms with Crippen molar-refractivity contribution < 1.29 is 9.59 Å². The van der Waals surface area contributed by atoms with Crippen LogP contribution in [-0.2, 0) is 4.79 Å². The molecular weight excluding hydrogens is 314 g/mol. The van der Waals surface area contributed by atoms with Crippen molar-refractivity contribution in [2.24, 2.45) is 5.92 Å². The highest BCUT2D eigenvalue weighted by Gasteiger charge is 2.21. The van der Waals surface area contributed by atoms with E-state index < -0.39 is 0 Å². The summed E-state index contributed by atoms with van der Waals surface area (Å²) in [4.78, 5) is 24.4. The van der Waals surface area contributed by atoms with Gasteiger partial charge in [0.05, 0.1) is 5.92 Å². The van der Waals surface area contributed by atoms with Gasteiger partial charge in [-0.2, -0.15) is 0 Å². The molecule has 1 aliphatic rings. The lowest BCUT2D eigenvalue weighted by atomic mass is 9.98. The van der Waals surface area contributed by atoms with E-state index in [2.05, 4.69) is 16.0 Å². The Morgan fingerprint density at radius 3 is 2.65 bits per heavy atom. The molecule has 0 spiro atoms. The molecule has 2 amide bonds. The number of anilines is 1. The molecular formula is C17H26ClN3O2. The van der Waals surface area contributed by atoms with Crippen LogP contribution in [0.1, 0.15) is 42.6 Å². The summed E-state index contributed by atoms with van der Waals surface area (Å²) in [5.74, 6) is -0.0859. The number of benzene rings is 1. The molecule has 0 aliphatic carbocycles. The van der Waals surface area contributed by atoms with Gasteiger partial charge in [0.2, 0.25) is 5.91 Å². The van der Waals surface area contributed by atoms with Gasteiger partial charge in [-0.25, -0.2) is 0 Å². The standard InChI is InChI=1S/C17H25N3O2.ClH/c1-11(2)19-17(22)15-9-14(7-6-12(15)3)20-16(21)13-5-4-8-18-10-13;/h6-7,9,11,13,18H,4-5,8,10H2,1-3H3,(H,19,22)(H,20,21);1H. The van der Waals surface area contributed by atoms with Crippen LogP contribution in [0.5, 0.6) is 0 Å². The number of halogens is 1. The second-order valence-electron chi connectivity index (χ2n) is 6.19. The van der Waals surface area contributed by atoms with Crippen LogP contribution in [0.3, 0.4) is 0 Å². The highest BCUT2D eigenvalue weighted by Crippen LogP contribution is 2.18. The third-order valence-corrected chi connectivity index (χ3v) is 3.84. The Bertz CT molecular complexity index is 555. The van der Waals surface area contributed by atoms with Crippen molar-refractivity contribution in [3.63, 3.8) is 0 Å². The molecule has 23 heavy (non-hydrogen) atoms. The van der Waals surface area contributed by atoms with E-state index in [1.165, 1.54) is 0 Å². The highest BCUT2D eigenvalue weighted by molar-refractivity contribution is 5.99. The fourth-order valence-corrected chi connectivity index (χ4v) is 2.60. The van der Waals surface area contributed by atoms with Crippen molar-refractivity contribution in [2.75, 3.05) is 18.4 Å². The average Bonchev–Trinajstić information content (AvgIpc) is 2.49. The minimum absolute atomic E-state index is 0. The van der Waals surface area contributed by atoms with Crippen LogP contribution in [0.2, 0.25) is 0 Å². The molecule has 1 unspecified atom stereocenters. The Balaban J connectivity index is 0.00000264. The van der Waals surface area contributed by atoms with Crippen LogP contribution >= 0.6 is 12.4 Å². The van der Waals surface area contributed by atoms with E-state index in [4.69, 9.17) is 0 Å². The topological polar surface area (TPSA) is 70.2 Å². The van der Waals surface area contributed by atoms with Crippen molar-refractivity contribution in [3.8, 4) is 0 Å². The fourth-order valence-electron chi connectivity index (χ4n) is 2.60. The molecule has 128 valence electrons. The molecule has 0 radical (unpaired) electrons. The van der Waals surface area contributed by atoms with Crippen molar-refractivity contribution >= 4 is 29.9 Å². The SMILES string of the molecule is Cc1ccc(NC(=O)C2CCCNC2)cc1C(=O)NC(C)C.Cl. The molecule has 1 aromatic rings. The third kappa shape index (κ3) is 5.52. The van der Waals surface area contributed by atoms with E-state index in [1.807, 2.05) is 32.9 Å². The van der Waals surface area contributed by atoms with Crippen LogP contribution in [0.4, 0.5) is 5.69 Å². The van der Waals surface area contributed by atoms with Gasteiger partial charge in [0.25, 0.3) is 5.91 Å². The van der Waals surface area contributed by atoms with E-state index in [-0.39, 0.29) is 36.2 Å². The average molecular weight is 340 g/mol. The van der Waals surface area contributed by atoms with Gasteiger partial charge in [0.1, 0.15) is 0 Å². The zero-order chi connectivity index (χ0) is 16.1. The van der Waals surface area contributed by atoms with Gasteiger partial charge in [-0.1, -0.05) is 6.07 Å². The fraction of sp³-hybridized carbons (Fsp3) is 0.529. The molecule has 3 N–H and O–H groups in total. The van der Waals surface area contributed by atoms with Gasteiger partial charge in [-0.15, -0.1) is 12.4 Å². The number of carbonyl (C=O) groups excluding carboxylic acids is 2. The summed E-state index contributed by atoms with van der Waals surface area (Å²) < 4.78 is 0. The summed E-state index contributed by atoms with van der Waals surface area (Å²) in [6.45, 7) is 7.45. The Kier molecular flexibility index (Phi) is 7.52. The molecule has 1 atom stereocenters. The summed E-state index contributed by atoms with van der Waals surface area (Å²) in [6.07, 6.45) is 1.93. The van der Waals surface area contributed by atoms with Crippen molar-refractivity contribution in [2.45, 2.75) is 39.7 Å². The van der Waals surface area contributed by atoms with E-state index >= 15 is 0 Å². The van der Waals surface area contributed by atoms with Gasteiger partial charge >= 0.3 is 0 Å². The summed E-state index contributed by atoms with van der Waals surface area (Å²) in [5.41, 5.74) is 2.18. The maximum atomic E-state index is 12.3. The molecule has 1 fully saturated rings. The summed E-state index contributed by atoms with van der Waals surface area (Å²) >= 11 is 0. The first-order valence-electron chi connectivity index (χ1n) is 7.90. The van der Waals surface area contributed by atoms with Crippen molar-refractivity contribution in [1.82, 2.24) is 10.6 Å². The van der Waals surface area contributed by atoms with Crippen LogP contribution in [0.25, 0.3) is 0 Å². The van der Waals surface area contributed by atoms with Crippen LogP contribution < -0.4 is 16.0 Å². The van der Waals surface area contributed by atoms with E-state index in [1.54, 1.807) is 6.07 Å². The monoisotopic (exact) mass is 339 g/mol. The molecule has 0 saturated carbocycles. The maximum absolute atomic E-state index is 12.3. The second-order valence-corrected chi connectivity index (χ2v) is 6.19. The largest absolute Gasteiger partial charge is 0.350 e. The molecule has 1 aromatic carbocycles. The first kappa shape index (κ1) is 19.5. The first-order chi connectivity index (χ1) is 10.5. The molecule has 1 heterocycles.